The van der Waals surface area contributed by atoms with Crippen molar-refractivity contribution in [3.8, 4) is 0 Å². The van der Waals surface area contributed by atoms with Crippen LogP contribution in [0.5, 0.6) is 0 Å². The van der Waals surface area contributed by atoms with Crippen molar-refractivity contribution in [3.05, 3.63) is 69.6 Å². The Bertz CT molecular complexity index is 1050. The summed E-state index contributed by atoms with van der Waals surface area (Å²) in [5.41, 5.74) is 0.504. The number of ether oxygens (including phenoxy) is 3. The fraction of sp³-hybridized carbons (Fsp3) is 0.458. The topological polar surface area (TPSA) is 88.8 Å². The van der Waals surface area contributed by atoms with E-state index in [0.29, 0.717) is 12.4 Å². The van der Waals surface area contributed by atoms with Crippen molar-refractivity contribution in [2.24, 2.45) is 0 Å². The molecule has 8 heteroatoms. The first-order valence-electron chi connectivity index (χ1n) is 10.7. The molecule has 0 radical (unpaired) electrons. The van der Waals surface area contributed by atoms with E-state index in [1.165, 1.54) is 10.8 Å². The average Bonchev–Trinajstić information content (AvgIpc) is 3.51. The first kappa shape index (κ1) is 23.5. The van der Waals surface area contributed by atoms with Crippen molar-refractivity contribution < 1.29 is 23.8 Å². The zero-order chi connectivity index (χ0) is 23.3. The monoisotopic (exact) mass is 442 g/mol. The molecule has 0 unspecified atom stereocenters. The Morgan fingerprint density at radius 1 is 1.09 bits per heavy atom. The van der Waals surface area contributed by atoms with Gasteiger partial charge < -0.3 is 14.2 Å². The Balaban J connectivity index is 1.85. The minimum atomic E-state index is -0.778. The van der Waals surface area contributed by atoms with E-state index in [0.717, 1.165) is 28.5 Å². The van der Waals surface area contributed by atoms with Gasteiger partial charge in [0, 0.05) is 6.20 Å². The molecule has 3 rings (SSSR count). The van der Waals surface area contributed by atoms with Crippen LogP contribution in [0.2, 0.25) is 0 Å². The third kappa shape index (κ3) is 6.20. The van der Waals surface area contributed by atoms with Gasteiger partial charge in [-0.05, 0) is 51.7 Å². The first-order valence-corrected chi connectivity index (χ1v) is 10.7. The van der Waals surface area contributed by atoms with Gasteiger partial charge in [-0.15, -0.1) is 0 Å². The van der Waals surface area contributed by atoms with Gasteiger partial charge in [0.25, 0.3) is 5.91 Å². The van der Waals surface area contributed by atoms with E-state index in [2.05, 4.69) is 0 Å². The molecule has 0 spiro atoms. The molecule has 1 fully saturated rings. The van der Waals surface area contributed by atoms with Gasteiger partial charge in [-0.1, -0.05) is 30.3 Å². The lowest BCUT2D eigenvalue weighted by molar-refractivity contribution is 0.00543. The molecule has 1 aliphatic carbocycles. The van der Waals surface area contributed by atoms with Gasteiger partial charge in [-0.3, -0.25) is 9.36 Å². The molecule has 1 aromatic carbocycles. The Morgan fingerprint density at radius 3 is 2.38 bits per heavy atom. The van der Waals surface area contributed by atoms with Crippen LogP contribution < -0.4 is 5.69 Å². The summed E-state index contributed by atoms with van der Waals surface area (Å²) in [6, 6.07) is 9.38. The van der Waals surface area contributed by atoms with Crippen LogP contribution in [0, 0.1) is 0 Å². The van der Waals surface area contributed by atoms with E-state index in [9.17, 15) is 14.4 Å². The zero-order valence-electron chi connectivity index (χ0n) is 19.1. The number of hydrogen-bond donors (Lipinski definition) is 0. The standard InChI is InChI=1S/C24H30N2O6/c1-5-31-20(18-11-12-18)14-25-13-19(22(28)32-24(2,3)4)26(23(25)29)21(27)16-30-15-17-9-7-6-8-10-17/h6-10,13H,5,11-12,14-16H2,1-4H3. The molecule has 0 atom stereocenters. The normalized spacial score (nSPS) is 13.1. The fourth-order valence-corrected chi connectivity index (χ4v) is 3.15. The summed E-state index contributed by atoms with van der Waals surface area (Å²) in [5.74, 6) is -0.681. The molecule has 1 saturated carbocycles. The first-order chi connectivity index (χ1) is 15.2. The zero-order valence-corrected chi connectivity index (χ0v) is 19.1. The lowest BCUT2D eigenvalue weighted by Gasteiger charge is -2.19. The quantitative estimate of drug-likeness (QED) is 0.436. The number of hydrogen-bond acceptors (Lipinski definition) is 6. The molecule has 0 bridgehead atoms. The molecule has 2 aromatic rings. The van der Waals surface area contributed by atoms with Crippen LogP contribution in [-0.4, -0.2) is 39.8 Å². The predicted molar refractivity (Wildman–Crippen MR) is 118 cm³/mol. The Hall–Kier alpha value is -3.13. The van der Waals surface area contributed by atoms with Gasteiger partial charge >= 0.3 is 11.7 Å². The van der Waals surface area contributed by atoms with Gasteiger partial charge in [0.2, 0.25) is 0 Å². The van der Waals surface area contributed by atoms with Crippen molar-refractivity contribution in [3.63, 3.8) is 0 Å². The lowest BCUT2D eigenvalue weighted by atomic mass is 10.2. The predicted octanol–water partition coefficient (Wildman–Crippen LogP) is 3.55. The fourth-order valence-electron chi connectivity index (χ4n) is 3.15. The summed E-state index contributed by atoms with van der Waals surface area (Å²) >= 11 is 0. The van der Waals surface area contributed by atoms with Crippen molar-refractivity contribution in [2.45, 2.75) is 59.3 Å². The molecule has 32 heavy (non-hydrogen) atoms. The summed E-state index contributed by atoms with van der Waals surface area (Å²) in [4.78, 5) is 38.7. The van der Waals surface area contributed by atoms with Crippen molar-refractivity contribution in [2.75, 3.05) is 13.2 Å². The molecule has 0 aliphatic heterocycles. The molecule has 1 aliphatic rings. The number of benzene rings is 1. The second-order valence-electron chi connectivity index (χ2n) is 8.59. The average molecular weight is 443 g/mol. The molecule has 8 nitrogen and oxygen atoms in total. The van der Waals surface area contributed by atoms with Gasteiger partial charge in [0.05, 0.1) is 19.8 Å². The minimum absolute atomic E-state index is 0.130. The van der Waals surface area contributed by atoms with Crippen molar-refractivity contribution in [1.82, 2.24) is 9.13 Å². The maximum atomic E-state index is 13.1. The van der Waals surface area contributed by atoms with E-state index in [4.69, 9.17) is 14.2 Å². The smallest absolute Gasteiger partial charge is 0.357 e. The molecule has 1 aromatic heterocycles. The molecular formula is C24H30N2O6. The highest BCUT2D eigenvalue weighted by molar-refractivity contribution is 5.93. The molecule has 0 saturated heterocycles. The summed E-state index contributed by atoms with van der Waals surface area (Å²) in [6.07, 6.45) is 3.21. The van der Waals surface area contributed by atoms with Crippen molar-refractivity contribution in [1.29, 1.82) is 0 Å². The van der Waals surface area contributed by atoms with Gasteiger partial charge in [0.15, 0.2) is 5.69 Å². The van der Waals surface area contributed by atoms with Crippen LogP contribution in [0.25, 0.3) is 0 Å². The van der Waals surface area contributed by atoms with E-state index in [1.807, 2.05) is 37.3 Å². The third-order valence-corrected chi connectivity index (χ3v) is 4.68. The van der Waals surface area contributed by atoms with Crippen LogP contribution in [0.3, 0.4) is 0 Å². The molecule has 0 N–H and O–H groups in total. The number of imidazole rings is 1. The van der Waals surface area contributed by atoms with E-state index < -0.39 is 23.2 Å². The molecule has 0 amide bonds. The van der Waals surface area contributed by atoms with Crippen molar-refractivity contribution >= 4 is 11.9 Å². The second-order valence-corrected chi connectivity index (χ2v) is 8.59. The van der Waals surface area contributed by atoms with E-state index in [-0.39, 0.29) is 25.5 Å². The van der Waals surface area contributed by atoms with E-state index in [1.54, 1.807) is 20.8 Å². The molecular weight excluding hydrogens is 412 g/mol. The van der Waals surface area contributed by atoms with Gasteiger partial charge in [-0.2, -0.15) is 0 Å². The molecule has 172 valence electrons. The maximum absolute atomic E-state index is 13.1. The summed E-state index contributed by atoms with van der Waals surface area (Å²) < 4.78 is 18.7. The van der Waals surface area contributed by atoms with Crippen LogP contribution in [0.1, 0.15) is 61.4 Å². The van der Waals surface area contributed by atoms with E-state index >= 15 is 0 Å². The van der Waals surface area contributed by atoms with Crippen LogP contribution in [-0.2, 0) is 27.4 Å². The van der Waals surface area contributed by atoms with Gasteiger partial charge in [-0.25, -0.2) is 14.2 Å². The summed E-state index contributed by atoms with van der Waals surface area (Å²) in [7, 11) is 0. The van der Waals surface area contributed by atoms with Crippen LogP contribution >= 0.6 is 0 Å². The highest BCUT2D eigenvalue weighted by Crippen LogP contribution is 2.32. The number of esters is 1. The highest BCUT2D eigenvalue weighted by Gasteiger charge is 2.28. The number of rotatable bonds is 9. The van der Waals surface area contributed by atoms with Gasteiger partial charge in [0.1, 0.15) is 18.0 Å². The number of aromatic nitrogens is 2. The van der Waals surface area contributed by atoms with Crippen LogP contribution in [0.15, 0.2) is 52.7 Å². The molecule has 1 heterocycles. The number of allylic oxidation sites excluding steroid dienone is 2. The summed E-state index contributed by atoms with van der Waals surface area (Å²) in [5, 5.41) is 0. The third-order valence-electron chi connectivity index (χ3n) is 4.68. The number of nitrogens with zero attached hydrogens (tertiary/aromatic N) is 2. The Kier molecular flexibility index (Phi) is 7.35. The second kappa shape index (κ2) is 9.99. The SMILES string of the molecule is CCOC(Cn1cc(C(=O)OC(C)(C)C)n(C(=O)COCc2ccccc2)c1=O)=C1CC1. The minimum Gasteiger partial charge on any atom is -0.496 e. The Labute approximate surface area is 187 Å². The lowest BCUT2D eigenvalue weighted by Crippen LogP contribution is -2.35. The Morgan fingerprint density at radius 2 is 1.78 bits per heavy atom. The number of carbonyl (C=O) groups is 2. The highest BCUT2D eigenvalue weighted by atomic mass is 16.6. The maximum Gasteiger partial charge on any atom is 0.357 e. The largest absolute Gasteiger partial charge is 0.496 e. The summed E-state index contributed by atoms with van der Waals surface area (Å²) in [6.45, 7) is 7.52. The van der Waals surface area contributed by atoms with Crippen LogP contribution in [0.4, 0.5) is 0 Å². The number of carbonyl (C=O) groups excluding carboxylic acids is 2.